The van der Waals surface area contributed by atoms with Gasteiger partial charge in [-0.05, 0) is 17.7 Å². The van der Waals surface area contributed by atoms with E-state index in [1.807, 2.05) is 0 Å². The van der Waals surface area contributed by atoms with E-state index < -0.39 is 19.3 Å². The summed E-state index contributed by atoms with van der Waals surface area (Å²) in [6, 6.07) is 5.76. The average molecular weight is 384 g/mol. The topological polar surface area (TPSA) is 59.1 Å². The van der Waals surface area contributed by atoms with E-state index in [1.165, 1.54) is 30.5 Å². The van der Waals surface area contributed by atoms with Gasteiger partial charge >= 0.3 is 12.8 Å². The van der Waals surface area contributed by atoms with E-state index in [9.17, 15) is 22.0 Å². The van der Waals surface area contributed by atoms with Gasteiger partial charge in [0.1, 0.15) is 12.3 Å². The Balaban J connectivity index is 2.04. The van der Waals surface area contributed by atoms with Gasteiger partial charge in [-0.3, -0.25) is 0 Å². The Morgan fingerprint density at radius 3 is 2.52 bits per heavy atom. The summed E-state index contributed by atoms with van der Waals surface area (Å²) in [5, 5.41) is 5.95. The van der Waals surface area contributed by atoms with Gasteiger partial charge in [0.15, 0.2) is 0 Å². The number of aromatic nitrogens is 2. The second-order valence-electron chi connectivity index (χ2n) is 5.51. The smallest absolute Gasteiger partial charge is 0.405 e. The lowest BCUT2D eigenvalue weighted by Crippen LogP contribution is -2.39. The van der Waals surface area contributed by atoms with Crippen molar-refractivity contribution in [1.82, 2.24) is 15.3 Å². The Morgan fingerprint density at radius 2 is 1.89 bits per heavy atom. The number of hydrogen-bond acceptors (Lipinski definition) is 5. The molecule has 27 heavy (non-hydrogen) atoms. The molecule has 2 N–H and O–H groups in total. The lowest BCUT2D eigenvalue weighted by Gasteiger charge is -2.16. The van der Waals surface area contributed by atoms with Crippen LogP contribution in [0, 0.1) is 0 Å². The largest absolute Gasteiger partial charge is 0.435 e. The fraction of sp³-hybridized carbons (Fsp3) is 0.176. The highest BCUT2D eigenvalue weighted by molar-refractivity contribution is 5.79. The number of alkyl halides is 5. The number of halogens is 5. The molecule has 0 amide bonds. The minimum atomic E-state index is -4.41. The Bertz CT molecular complexity index is 970. The first-order chi connectivity index (χ1) is 12.7. The van der Waals surface area contributed by atoms with E-state index >= 15 is 0 Å². The molecular formula is C17H13F5N4O. The van der Waals surface area contributed by atoms with E-state index in [-0.39, 0.29) is 11.7 Å². The average Bonchev–Trinajstić information content (AvgIpc) is 2.59. The molecule has 10 heteroatoms. The predicted octanol–water partition coefficient (Wildman–Crippen LogP) is 2.11. The molecule has 0 aliphatic carbocycles. The molecule has 1 aromatic carbocycles. The van der Waals surface area contributed by atoms with E-state index in [2.05, 4.69) is 31.9 Å². The molecule has 1 aromatic heterocycles. The Labute approximate surface area is 149 Å². The molecule has 2 heterocycles. The van der Waals surface area contributed by atoms with Crippen molar-refractivity contribution in [3.8, 4) is 5.75 Å². The number of hydrogen-bond donors (Lipinski definition) is 2. The number of allylic oxidation sites excluding steroid dienone is 1. The molecule has 0 saturated heterocycles. The molecule has 0 bridgehead atoms. The maximum absolute atomic E-state index is 12.4. The van der Waals surface area contributed by atoms with E-state index in [0.29, 0.717) is 27.4 Å². The summed E-state index contributed by atoms with van der Waals surface area (Å²) in [5.74, 6) is -0.213. The van der Waals surface area contributed by atoms with Gasteiger partial charge in [-0.2, -0.15) is 22.0 Å². The molecule has 0 unspecified atom stereocenters. The lowest BCUT2D eigenvalue weighted by atomic mass is 10.0. The second kappa shape index (κ2) is 7.22. The number of rotatable bonds is 5. The van der Waals surface area contributed by atoms with Crippen molar-refractivity contribution < 1.29 is 26.7 Å². The number of benzene rings is 1. The molecule has 1 aliphatic rings. The SMILES string of the molecule is C=C1NC=c2cnc(NCC(F)(F)F)nc2=C1c1ccc(OC(F)F)cc1. The zero-order valence-electron chi connectivity index (χ0n) is 13.6. The minimum Gasteiger partial charge on any atom is -0.435 e. The Morgan fingerprint density at radius 1 is 1.19 bits per heavy atom. The second-order valence-corrected chi connectivity index (χ2v) is 5.51. The molecule has 142 valence electrons. The quantitative estimate of drug-likeness (QED) is 0.774. The molecule has 3 rings (SSSR count). The van der Waals surface area contributed by atoms with Crippen molar-refractivity contribution >= 4 is 17.7 Å². The van der Waals surface area contributed by atoms with E-state index in [1.54, 1.807) is 6.20 Å². The molecule has 0 atom stereocenters. The summed E-state index contributed by atoms with van der Waals surface area (Å²) < 4.78 is 66.0. The van der Waals surface area contributed by atoms with Crippen molar-refractivity contribution in [2.75, 3.05) is 11.9 Å². The molecule has 0 radical (unpaired) electrons. The van der Waals surface area contributed by atoms with E-state index in [4.69, 9.17) is 0 Å². The maximum Gasteiger partial charge on any atom is 0.405 e. The number of anilines is 1. The third-order valence-electron chi connectivity index (χ3n) is 3.57. The standard InChI is InChI=1S/C17H13F5N4O/c1-9-13(10-2-4-12(5-3-10)27-15(18)19)14-11(6-23-9)7-24-16(26-14)25-8-17(20,21)22/h2-7,15,23H,1,8H2,(H,25,26). The number of nitrogens with one attached hydrogen (secondary N) is 2. The van der Waals surface area contributed by atoms with Crippen LogP contribution >= 0.6 is 0 Å². The maximum atomic E-state index is 12.4. The summed E-state index contributed by atoms with van der Waals surface area (Å²) >= 11 is 0. The Hall–Kier alpha value is -3.17. The molecule has 0 spiro atoms. The summed E-state index contributed by atoms with van der Waals surface area (Å²) in [6.45, 7) is -0.353. The fourth-order valence-corrected chi connectivity index (χ4v) is 2.46. The van der Waals surface area contributed by atoms with Crippen LogP contribution in [0.5, 0.6) is 5.75 Å². The first-order valence-corrected chi connectivity index (χ1v) is 7.62. The van der Waals surface area contributed by atoms with Gasteiger partial charge in [0.05, 0.1) is 5.35 Å². The van der Waals surface area contributed by atoms with E-state index in [0.717, 1.165) is 0 Å². The monoisotopic (exact) mass is 384 g/mol. The van der Waals surface area contributed by atoms with Crippen LogP contribution in [0.15, 0.2) is 42.7 Å². The van der Waals surface area contributed by atoms with Crippen molar-refractivity contribution in [3.63, 3.8) is 0 Å². The molecule has 5 nitrogen and oxygen atoms in total. The highest BCUT2D eigenvalue weighted by Gasteiger charge is 2.27. The summed E-state index contributed by atoms with van der Waals surface area (Å²) in [5.41, 5.74) is 1.53. The zero-order valence-corrected chi connectivity index (χ0v) is 13.6. The van der Waals surface area contributed by atoms with Crippen molar-refractivity contribution in [2.24, 2.45) is 0 Å². The van der Waals surface area contributed by atoms with Gasteiger partial charge in [0, 0.05) is 28.9 Å². The van der Waals surface area contributed by atoms with Crippen molar-refractivity contribution in [3.05, 3.63) is 58.9 Å². The molecular weight excluding hydrogens is 371 g/mol. The van der Waals surface area contributed by atoms with Gasteiger partial charge in [-0.1, -0.05) is 18.7 Å². The van der Waals surface area contributed by atoms with Gasteiger partial charge in [0.2, 0.25) is 5.95 Å². The molecule has 2 aromatic rings. The first kappa shape index (κ1) is 18.6. The Kier molecular flexibility index (Phi) is 4.98. The van der Waals surface area contributed by atoms with Crippen LogP contribution in [-0.2, 0) is 0 Å². The lowest BCUT2D eigenvalue weighted by molar-refractivity contribution is -0.115. The molecule has 0 saturated carbocycles. The highest BCUT2D eigenvalue weighted by atomic mass is 19.4. The summed E-state index contributed by atoms with van der Waals surface area (Å²) in [4.78, 5) is 8.01. The van der Waals surface area contributed by atoms with Crippen LogP contribution in [0.1, 0.15) is 5.56 Å². The third kappa shape index (κ3) is 4.52. The van der Waals surface area contributed by atoms with Gasteiger partial charge in [-0.15, -0.1) is 0 Å². The van der Waals surface area contributed by atoms with Gasteiger partial charge in [-0.25, -0.2) is 9.97 Å². The normalized spacial score (nSPS) is 13.7. The zero-order chi connectivity index (χ0) is 19.6. The summed E-state index contributed by atoms with van der Waals surface area (Å²) in [7, 11) is 0. The van der Waals surface area contributed by atoms with Crippen molar-refractivity contribution in [2.45, 2.75) is 12.8 Å². The van der Waals surface area contributed by atoms with Crippen LogP contribution in [-0.4, -0.2) is 29.3 Å². The number of fused-ring (bicyclic) bond motifs is 1. The first-order valence-electron chi connectivity index (χ1n) is 7.62. The third-order valence-corrected chi connectivity index (χ3v) is 3.57. The van der Waals surface area contributed by atoms with Crippen LogP contribution in [0.2, 0.25) is 0 Å². The van der Waals surface area contributed by atoms with Crippen LogP contribution in [0.25, 0.3) is 11.8 Å². The van der Waals surface area contributed by atoms with Crippen LogP contribution in [0.4, 0.5) is 27.9 Å². The summed E-state index contributed by atoms with van der Waals surface area (Å²) in [6.07, 6.45) is -1.47. The molecule has 0 fully saturated rings. The molecule has 1 aliphatic heterocycles. The van der Waals surface area contributed by atoms with Gasteiger partial charge in [0.25, 0.3) is 0 Å². The predicted molar refractivity (Wildman–Crippen MR) is 88.2 cm³/mol. The van der Waals surface area contributed by atoms with Gasteiger partial charge < -0.3 is 15.4 Å². The van der Waals surface area contributed by atoms with Crippen molar-refractivity contribution in [1.29, 1.82) is 0 Å². The number of ether oxygens (including phenoxy) is 1. The van der Waals surface area contributed by atoms with Crippen LogP contribution in [0.3, 0.4) is 0 Å². The fourth-order valence-electron chi connectivity index (χ4n) is 2.46. The van der Waals surface area contributed by atoms with Crippen LogP contribution < -0.4 is 25.9 Å². The number of nitrogens with zero attached hydrogens (tertiary/aromatic N) is 2. The highest BCUT2D eigenvalue weighted by Crippen LogP contribution is 2.22. The minimum absolute atomic E-state index is 0.0225.